The lowest BCUT2D eigenvalue weighted by atomic mass is 10.2. The van der Waals surface area contributed by atoms with Crippen LogP contribution < -0.4 is 19.6 Å². The molecule has 1 atom stereocenters. The summed E-state index contributed by atoms with van der Waals surface area (Å²) in [6.45, 7) is 1.34. The molecule has 0 saturated carbocycles. The molecular weight excluding hydrogens is 580 g/mol. The molecule has 0 aliphatic carbocycles. The largest absolute Gasteiger partial charge is 0.493 e. The maximum Gasteiger partial charge on any atom is 0.339 e. The van der Waals surface area contributed by atoms with E-state index < -0.39 is 27.2 Å². The Morgan fingerprint density at radius 3 is 2.58 bits per heavy atom. The molecule has 0 bridgehead atoms. The van der Waals surface area contributed by atoms with Crippen molar-refractivity contribution in [2.75, 3.05) is 12.4 Å². The molecule has 3 rings (SSSR count). The number of carbonyl (C=O) groups excluding carboxylic acids is 2. The van der Waals surface area contributed by atoms with Crippen LogP contribution in [-0.4, -0.2) is 55.0 Å². The maximum atomic E-state index is 12.8. The van der Waals surface area contributed by atoms with Gasteiger partial charge in [-0.05, 0) is 57.9 Å². The van der Waals surface area contributed by atoms with Gasteiger partial charge in [0, 0.05) is 12.6 Å². The van der Waals surface area contributed by atoms with E-state index in [4.69, 9.17) is 14.0 Å². The number of hydrogen-bond acceptors (Lipinski definition) is 10. The van der Waals surface area contributed by atoms with Crippen molar-refractivity contribution < 1.29 is 36.8 Å². The Morgan fingerprint density at radius 1 is 1.28 bits per heavy atom. The van der Waals surface area contributed by atoms with E-state index in [1.54, 1.807) is 0 Å². The van der Waals surface area contributed by atoms with Gasteiger partial charge in [0.05, 0.1) is 24.2 Å². The number of aliphatic carboxylic acids is 1. The zero-order chi connectivity index (χ0) is 26.5. The third kappa shape index (κ3) is 7.05. The number of nitrogens with one attached hydrogen (secondary N) is 2. The van der Waals surface area contributed by atoms with Gasteiger partial charge in [0.1, 0.15) is 10.1 Å². The van der Waals surface area contributed by atoms with Gasteiger partial charge in [-0.25, -0.2) is 0 Å². The molecule has 3 N–H and O–H groups in total. The number of benzene rings is 2. The van der Waals surface area contributed by atoms with Gasteiger partial charge in [-0.3, -0.25) is 14.4 Å². The Bertz CT molecular complexity index is 1360. The van der Waals surface area contributed by atoms with Gasteiger partial charge in [0.15, 0.2) is 16.7 Å². The Hall–Kier alpha value is -3.43. The minimum Gasteiger partial charge on any atom is -0.493 e. The number of thioether (sulfide) groups is 1. The van der Waals surface area contributed by atoms with Crippen molar-refractivity contribution in [2.24, 2.45) is 10.2 Å². The summed E-state index contributed by atoms with van der Waals surface area (Å²) < 4.78 is 36.4. The Balaban J connectivity index is 1.77. The molecule has 1 fully saturated rings. The quantitative estimate of drug-likeness (QED) is 0.223. The van der Waals surface area contributed by atoms with Crippen molar-refractivity contribution in [2.45, 2.75) is 23.5 Å². The summed E-state index contributed by atoms with van der Waals surface area (Å²) in [5, 5.41) is 21.0. The third-order valence-corrected chi connectivity index (χ3v) is 7.30. The van der Waals surface area contributed by atoms with Gasteiger partial charge >= 0.3 is 16.1 Å². The molecule has 15 heteroatoms. The van der Waals surface area contributed by atoms with Gasteiger partial charge < -0.3 is 24.7 Å². The molecule has 190 valence electrons. The molecule has 1 aliphatic rings. The van der Waals surface area contributed by atoms with Crippen LogP contribution in [0.25, 0.3) is 0 Å². The van der Waals surface area contributed by atoms with Gasteiger partial charge in [0.2, 0.25) is 11.8 Å². The summed E-state index contributed by atoms with van der Waals surface area (Å²) in [4.78, 5) is 33.6. The lowest BCUT2D eigenvalue weighted by molar-refractivity contribution is -0.138. The lowest BCUT2D eigenvalue weighted by Gasteiger charge is -2.13. The SMILES string of the molecule is COc1cc(/C=N/N=C2\NC(=O)C(CC(=O)O)S2)cc(Br)c1OS(=O)(=O)c1ccc(NC(C)=O)cc1. The molecule has 36 heavy (non-hydrogen) atoms. The lowest BCUT2D eigenvalue weighted by Crippen LogP contribution is -2.26. The van der Waals surface area contributed by atoms with E-state index in [0.29, 0.717) is 11.3 Å². The Kier molecular flexibility index (Phi) is 8.70. The fourth-order valence-corrected chi connectivity index (χ4v) is 5.37. The van der Waals surface area contributed by atoms with Crippen LogP contribution in [0, 0.1) is 0 Å². The second-order valence-electron chi connectivity index (χ2n) is 7.12. The van der Waals surface area contributed by atoms with Crippen molar-refractivity contribution in [3.05, 3.63) is 46.4 Å². The number of nitrogens with zero attached hydrogens (tertiary/aromatic N) is 2. The molecular formula is C21H19BrN4O8S2. The minimum atomic E-state index is -4.24. The molecule has 0 radical (unpaired) electrons. The number of halogens is 1. The normalized spacial score (nSPS) is 16.7. The number of rotatable bonds is 9. The summed E-state index contributed by atoms with van der Waals surface area (Å²) in [5.74, 6) is -1.87. The first kappa shape index (κ1) is 27.2. The number of amides is 2. The van der Waals surface area contributed by atoms with E-state index in [-0.39, 0.29) is 38.4 Å². The molecule has 2 aromatic rings. The Labute approximate surface area is 218 Å². The number of carboxylic acids is 1. The second kappa shape index (κ2) is 11.5. The van der Waals surface area contributed by atoms with Crippen LogP contribution >= 0.6 is 27.7 Å². The first-order valence-electron chi connectivity index (χ1n) is 9.98. The standard InChI is InChI=1S/C21H19BrN4O8S2/c1-11(27)24-13-3-5-14(6-4-13)36(31,32)34-19-15(22)7-12(8-16(19)33-2)10-23-26-21-25-20(30)17(35-21)9-18(28)29/h3-8,10,17H,9H2,1-2H3,(H,24,27)(H,28,29)(H,25,26,30)/b23-10+. The number of hydrogen-bond donors (Lipinski definition) is 3. The number of carboxylic acid groups (broad SMARTS) is 1. The first-order chi connectivity index (χ1) is 17.0. The zero-order valence-electron chi connectivity index (χ0n) is 18.7. The molecule has 2 amide bonds. The van der Waals surface area contributed by atoms with Crippen LogP contribution in [0.1, 0.15) is 18.9 Å². The predicted molar refractivity (Wildman–Crippen MR) is 136 cm³/mol. The van der Waals surface area contributed by atoms with Crippen molar-refractivity contribution >= 4 is 72.7 Å². The summed E-state index contributed by atoms with van der Waals surface area (Å²) in [6.07, 6.45) is 0.990. The number of carbonyl (C=O) groups is 3. The number of methoxy groups -OCH3 is 1. The van der Waals surface area contributed by atoms with Crippen LogP contribution in [0.2, 0.25) is 0 Å². The highest BCUT2D eigenvalue weighted by Gasteiger charge is 2.32. The topological polar surface area (TPSA) is 173 Å². The van der Waals surface area contributed by atoms with Gasteiger partial charge in [-0.15, -0.1) is 5.10 Å². The van der Waals surface area contributed by atoms with Crippen molar-refractivity contribution in [1.29, 1.82) is 0 Å². The van der Waals surface area contributed by atoms with Crippen molar-refractivity contribution in [3.8, 4) is 11.5 Å². The van der Waals surface area contributed by atoms with Crippen LogP contribution in [0.4, 0.5) is 5.69 Å². The number of amidine groups is 1. The fraction of sp³-hybridized carbons (Fsp3) is 0.190. The summed E-state index contributed by atoms with van der Waals surface area (Å²) >= 11 is 4.23. The van der Waals surface area contributed by atoms with E-state index in [1.807, 2.05) is 0 Å². The monoisotopic (exact) mass is 598 g/mol. The van der Waals surface area contributed by atoms with E-state index in [1.165, 1.54) is 56.6 Å². The molecule has 2 aromatic carbocycles. The zero-order valence-corrected chi connectivity index (χ0v) is 21.9. The van der Waals surface area contributed by atoms with Crippen molar-refractivity contribution in [1.82, 2.24) is 5.32 Å². The van der Waals surface area contributed by atoms with E-state index in [0.717, 1.165) is 11.8 Å². The van der Waals surface area contributed by atoms with E-state index in [2.05, 4.69) is 36.8 Å². The molecule has 1 aliphatic heterocycles. The smallest absolute Gasteiger partial charge is 0.339 e. The van der Waals surface area contributed by atoms with Crippen LogP contribution in [0.15, 0.2) is 56.0 Å². The van der Waals surface area contributed by atoms with Crippen LogP contribution in [0.3, 0.4) is 0 Å². The number of anilines is 1. The maximum absolute atomic E-state index is 12.8. The highest BCUT2D eigenvalue weighted by atomic mass is 79.9. The molecule has 1 saturated heterocycles. The van der Waals surface area contributed by atoms with E-state index in [9.17, 15) is 22.8 Å². The predicted octanol–water partition coefficient (Wildman–Crippen LogP) is 2.58. The minimum absolute atomic E-state index is 0.0852. The van der Waals surface area contributed by atoms with E-state index >= 15 is 0 Å². The van der Waals surface area contributed by atoms with Gasteiger partial charge in [-0.1, -0.05) is 11.8 Å². The molecule has 1 unspecified atom stereocenters. The third-order valence-electron chi connectivity index (χ3n) is 4.40. The highest BCUT2D eigenvalue weighted by Crippen LogP contribution is 2.38. The van der Waals surface area contributed by atoms with Crippen LogP contribution in [0.5, 0.6) is 11.5 Å². The van der Waals surface area contributed by atoms with Gasteiger partial charge in [-0.2, -0.15) is 13.5 Å². The summed E-state index contributed by atoms with van der Waals surface area (Å²) in [7, 11) is -2.91. The molecule has 12 nitrogen and oxygen atoms in total. The summed E-state index contributed by atoms with van der Waals surface area (Å²) in [6, 6.07) is 8.43. The summed E-state index contributed by atoms with van der Waals surface area (Å²) in [5.41, 5.74) is 0.893. The molecule has 1 heterocycles. The Morgan fingerprint density at radius 2 is 1.97 bits per heavy atom. The molecule has 0 aromatic heterocycles. The average molecular weight is 599 g/mol. The van der Waals surface area contributed by atoms with Gasteiger partial charge in [0.25, 0.3) is 0 Å². The number of ether oxygens (including phenoxy) is 1. The highest BCUT2D eigenvalue weighted by molar-refractivity contribution is 9.10. The first-order valence-corrected chi connectivity index (χ1v) is 13.1. The average Bonchev–Trinajstić information content (AvgIpc) is 3.13. The van der Waals surface area contributed by atoms with Crippen LogP contribution in [-0.2, 0) is 24.5 Å². The fourth-order valence-electron chi connectivity index (χ4n) is 2.85. The second-order valence-corrected chi connectivity index (χ2v) is 10.7. The van der Waals surface area contributed by atoms with Crippen molar-refractivity contribution in [3.63, 3.8) is 0 Å². The molecule has 0 spiro atoms.